The summed E-state index contributed by atoms with van der Waals surface area (Å²) >= 11 is 0. The zero-order chi connectivity index (χ0) is 5.70. The van der Waals surface area contributed by atoms with Crippen LogP contribution in [0.25, 0.3) is 0 Å². The van der Waals surface area contributed by atoms with Crippen molar-refractivity contribution in [2.45, 2.75) is 20.0 Å². The van der Waals surface area contributed by atoms with Crippen molar-refractivity contribution in [3.63, 3.8) is 0 Å². The molecule has 0 aliphatic carbocycles. The lowest BCUT2D eigenvalue weighted by molar-refractivity contribution is 0.106. The molecule has 0 spiro atoms. The maximum atomic E-state index is 7.94. The SMILES string of the molecule is CC(C)OCC#N. The van der Waals surface area contributed by atoms with E-state index in [0.29, 0.717) is 0 Å². The van der Waals surface area contributed by atoms with Crippen molar-refractivity contribution in [1.82, 2.24) is 0 Å². The molecule has 2 heteroatoms. The summed E-state index contributed by atoms with van der Waals surface area (Å²) in [5.41, 5.74) is 0. The van der Waals surface area contributed by atoms with Gasteiger partial charge in [0.25, 0.3) is 0 Å². The fraction of sp³-hybridized carbons (Fsp3) is 0.800. The van der Waals surface area contributed by atoms with E-state index in [1.807, 2.05) is 19.9 Å². The fourth-order valence-electron chi connectivity index (χ4n) is 0.204. The Hall–Kier alpha value is -0.550. The number of hydrogen-bond acceptors (Lipinski definition) is 2. The van der Waals surface area contributed by atoms with E-state index < -0.39 is 0 Å². The Labute approximate surface area is 43.7 Å². The molecule has 0 rings (SSSR count). The normalized spacial score (nSPS) is 8.86. The number of nitrogens with zero attached hydrogens (tertiary/aromatic N) is 1. The fourth-order valence-corrected chi connectivity index (χ4v) is 0.204. The lowest BCUT2D eigenvalue weighted by Crippen LogP contribution is -2.01. The van der Waals surface area contributed by atoms with Crippen LogP contribution < -0.4 is 0 Å². The van der Waals surface area contributed by atoms with E-state index >= 15 is 0 Å². The smallest absolute Gasteiger partial charge is 0.133 e. The van der Waals surface area contributed by atoms with Crippen molar-refractivity contribution in [2.75, 3.05) is 6.61 Å². The summed E-state index contributed by atoms with van der Waals surface area (Å²) in [6, 6.07) is 1.88. The summed E-state index contributed by atoms with van der Waals surface area (Å²) in [5, 5.41) is 7.94. The molecule has 40 valence electrons. The highest BCUT2D eigenvalue weighted by Gasteiger charge is 1.86. The molecule has 0 aliphatic heterocycles. The Morgan fingerprint density at radius 1 is 1.71 bits per heavy atom. The summed E-state index contributed by atoms with van der Waals surface area (Å²) in [6.07, 6.45) is 0.180. The first kappa shape index (κ1) is 6.45. The van der Waals surface area contributed by atoms with E-state index in [0.717, 1.165) is 0 Å². The zero-order valence-corrected chi connectivity index (χ0v) is 4.64. The molecule has 0 unspecified atom stereocenters. The largest absolute Gasteiger partial charge is 0.364 e. The number of nitriles is 1. The molecule has 0 saturated carbocycles. The van der Waals surface area contributed by atoms with Gasteiger partial charge in [-0.05, 0) is 13.8 Å². The predicted octanol–water partition coefficient (Wildman–Crippen LogP) is 0.935. The van der Waals surface area contributed by atoms with Crippen LogP contribution >= 0.6 is 0 Å². The van der Waals surface area contributed by atoms with Gasteiger partial charge in [-0.3, -0.25) is 0 Å². The molecule has 2 nitrogen and oxygen atoms in total. The van der Waals surface area contributed by atoms with Crippen LogP contribution in [0.2, 0.25) is 0 Å². The van der Waals surface area contributed by atoms with Crippen LogP contribution in [-0.4, -0.2) is 12.7 Å². The quantitative estimate of drug-likeness (QED) is 0.516. The van der Waals surface area contributed by atoms with Crippen molar-refractivity contribution in [1.29, 1.82) is 5.26 Å². The molecule has 0 amide bonds. The van der Waals surface area contributed by atoms with Gasteiger partial charge in [0.2, 0.25) is 0 Å². The van der Waals surface area contributed by atoms with E-state index in [9.17, 15) is 0 Å². The monoisotopic (exact) mass is 99.1 g/mol. The van der Waals surface area contributed by atoms with Crippen molar-refractivity contribution < 1.29 is 4.74 Å². The third-order valence-electron chi connectivity index (χ3n) is 0.481. The Kier molecular flexibility index (Phi) is 3.35. The van der Waals surface area contributed by atoms with E-state index in [1.54, 1.807) is 0 Å². The molecule has 0 saturated heterocycles. The second-order valence-electron chi connectivity index (χ2n) is 1.52. The molecule has 0 aliphatic rings. The van der Waals surface area contributed by atoms with Crippen molar-refractivity contribution in [2.24, 2.45) is 0 Å². The minimum atomic E-state index is 0.180. The van der Waals surface area contributed by atoms with Crippen molar-refractivity contribution in [3.05, 3.63) is 0 Å². The average Bonchev–Trinajstić information content (AvgIpc) is 1.61. The third kappa shape index (κ3) is 5.45. The highest BCUT2D eigenvalue weighted by atomic mass is 16.5. The summed E-state index contributed by atoms with van der Waals surface area (Å²) < 4.78 is 4.83. The van der Waals surface area contributed by atoms with Gasteiger partial charge in [0.05, 0.1) is 12.2 Å². The van der Waals surface area contributed by atoms with Crippen LogP contribution in [0.3, 0.4) is 0 Å². The molecule has 0 atom stereocenters. The van der Waals surface area contributed by atoms with Crippen LogP contribution in [0.4, 0.5) is 0 Å². The standard InChI is InChI=1S/C5H9NO/c1-5(2)7-4-3-6/h5H,4H2,1-2H3. The van der Waals surface area contributed by atoms with Gasteiger partial charge in [-0.2, -0.15) is 5.26 Å². The van der Waals surface area contributed by atoms with Gasteiger partial charge in [0.15, 0.2) is 0 Å². The lowest BCUT2D eigenvalue weighted by atomic mass is 10.5. The molecule has 0 N–H and O–H groups in total. The van der Waals surface area contributed by atoms with Gasteiger partial charge in [-0.1, -0.05) is 0 Å². The summed E-state index contributed by atoms with van der Waals surface area (Å²) in [4.78, 5) is 0. The van der Waals surface area contributed by atoms with Crippen molar-refractivity contribution >= 4 is 0 Å². The molecule has 0 aromatic rings. The number of hydrogen-bond donors (Lipinski definition) is 0. The maximum Gasteiger partial charge on any atom is 0.133 e. The first-order valence-corrected chi connectivity index (χ1v) is 2.26. The summed E-state index contributed by atoms with van der Waals surface area (Å²) in [5.74, 6) is 0. The Morgan fingerprint density at radius 2 is 2.29 bits per heavy atom. The van der Waals surface area contributed by atoms with Gasteiger partial charge >= 0.3 is 0 Å². The average molecular weight is 99.1 g/mol. The first-order chi connectivity index (χ1) is 3.27. The van der Waals surface area contributed by atoms with Gasteiger partial charge in [-0.15, -0.1) is 0 Å². The zero-order valence-electron chi connectivity index (χ0n) is 4.64. The second-order valence-corrected chi connectivity index (χ2v) is 1.52. The van der Waals surface area contributed by atoms with Crippen LogP contribution in [0.5, 0.6) is 0 Å². The summed E-state index contributed by atoms with van der Waals surface area (Å²) in [6.45, 7) is 4.01. The van der Waals surface area contributed by atoms with E-state index in [4.69, 9.17) is 10.00 Å². The third-order valence-corrected chi connectivity index (χ3v) is 0.481. The van der Waals surface area contributed by atoms with Gasteiger partial charge in [0.1, 0.15) is 6.61 Å². The van der Waals surface area contributed by atoms with Crippen molar-refractivity contribution in [3.8, 4) is 6.07 Å². The van der Waals surface area contributed by atoms with E-state index in [1.165, 1.54) is 0 Å². The Balaban J connectivity index is 2.86. The molecule has 7 heavy (non-hydrogen) atoms. The van der Waals surface area contributed by atoms with Gasteiger partial charge in [0, 0.05) is 0 Å². The maximum absolute atomic E-state index is 7.94. The second kappa shape index (κ2) is 3.63. The topological polar surface area (TPSA) is 33.0 Å². The van der Waals surface area contributed by atoms with E-state index in [-0.39, 0.29) is 12.7 Å². The predicted molar refractivity (Wildman–Crippen MR) is 26.7 cm³/mol. The molecular weight excluding hydrogens is 90.1 g/mol. The molecule has 0 fully saturated rings. The van der Waals surface area contributed by atoms with Crippen LogP contribution in [0.1, 0.15) is 13.8 Å². The highest BCUT2D eigenvalue weighted by molar-refractivity contribution is 4.66. The minimum absolute atomic E-state index is 0.180. The first-order valence-electron chi connectivity index (χ1n) is 2.26. The number of rotatable bonds is 2. The van der Waals surface area contributed by atoms with Crippen LogP contribution in [-0.2, 0) is 4.74 Å². The van der Waals surface area contributed by atoms with Gasteiger partial charge in [-0.25, -0.2) is 0 Å². The molecule has 0 radical (unpaired) electrons. The number of ether oxygens (including phenoxy) is 1. The van der Waals surface area contributed by atoms with E-state index in [2.05, 4.69) is 0 Å². The van der Waals surface area contributed by atoms with Crippen LogP contribution in [0, 0.1) is 11.3 Å². The lowest BCUT2D eigenvalue weighted by Gasteiger charge is -1.98. The Bertz CT molecular complexity index is 72.6. The summed E-state index contributed by atoms with van der Waals surface area (Å²) in [7, 11) is 0. The Morgan fingerprint density at radius 3 is 2.43 bits per heavy atom. The van der Waals surface area contributed by atoms with Crippen LogP contribution in [0.15, 0.2) is 0 Å². The molecule has 0 bridgehead atoms. The highest BCUT2D eigenvalue weighted by Crippen LogP contribution is 1.83. The molecule has 0 aromatic heterocycles. The molecule has 0 aromatic carbocycles. The molecular formula is C5H9NO. The molecule has 0 heterocycles. The minimum Gasteiger partial charge on any atom is -0.364 e. The van der Waals surface area contributed by atoms with Gasteiger partial charge < -0.3 is 4.74 Å².